The molecule has 0 unspecified atom stereocenters. The maximum absolute atomic E-state index is 11.8. The lowest BCUT2D eigenvalue weighted by Gasteiger charge is -2.23. The molecule has 0 aliphatic carbocycles. The SMILES string of the molecule is C#CCNC(=O)C(C#N)(CCC)CCC. The molecule has 0 spiro atoms. The third-order valence-electron chi connectivity index (χ3n) is 2.35. The van der Waals surface area contributed by atoms with Crippen LogP contribution in [0.1, 0.15) is 39.5 Å². The number of hydrogen-bond donors (Lipinski definition) is 1. The van der Waals surface area contributed by atoms with Crippen LogP contribution in [0, 0.1) is 29.1 Å². The molecule has 0 aliphatic rings. The Morgan fingerprint density at radius 3 is 2.27 bits per heavy atom. The summed E-state index contributed by atoms with van der Waals surface area (Å²) in [6.07, 6.45) is 7.88. The van der Waals surface area contributed by atoms with Crippen LogP contribution < -0.4 is 5.32 Å². The molecule has 0 aromatic rings. The van der Waals surface area contributed by atoms with Gasteiger partial charge >= 0.3 is 0 Å². The average molecular weight is 206 g/mol. The van der Waals surface area contributed by atoms with Gasteiger partial charge in [0.15, 0.2) is 0 Å². The Labute approximate surface area is 91.9 Å². The molecular formula is C12H18N2O. The topological polar surface area (TPSA) is 52.9 Å². The summed E-state index contributed by atoms with van der Waals surface area (Å²) in [4.78, 5) is 11.8. The van der Waals surface area contributed by atoms with Gasteiger partial charge in [-0.15, -0.1) is 6.42 Å². The van der Waals surface area contributed by atoms with Gasteiger partial charge < -0.3 is 5.32 Å². The van der Waals surface area contributed by atoms with Crippen LogP contribution in [0.15, 0.2) is 0 Å². The van der Waals surface area contributed by atoms with Gasteiger partial charge in [-0.1, -0.05) is 32.6 Å². The highest BCUT2D eigenvalue weighted by atomic mass is 16.2. The molecule has 0 aromatic heterocycles. The highest BCUT2D eigenvalue weighted by Crippen LogP contribution is 2.29. The fourth-order valence-electron chi connectivity index (χ4n) is 1.67. The van der Waals surface area contributed by atoms with E-state index < -0.39 is 5.41 Å². The van der Waals surface area contributed by atoms with Gasteiger partial charge in [0.1, 0.15) is 5.41 Å². The normalized spacial score (nSPS) is 10.1. The minimum absolute atomic E-state index is 0.190. The monoisotopic (exact) mass is 206 g/mol. The van der Waals surface area contributed by atoms with E-state index in [1.165, 1.54) is 0 Å². The Bertz CT molecular complexity index is 277. The van der Waals surface area contributed by atoms with Crippen molar-refractivity contribution in [1.82, 2.24) is 5.32 Å². The van der Waals surface area contributed by atoms with Crippen molar-refractivity contribution < 1.29 is 4.79 Å². The average Bonchev–Trinajstić information content (AvgIpc) is 2.25. The number of amides is 1. The van der Waals surface area contributed by atoms with E-state index in [0.717, 1.165) is 12.8 Å². The van der Waals surface area contributed by atoms with E-state index in [0.29, 0.717) is 12.8 Å². The summed E-state index contributed by atoms with van der Waals surface area (Å²) in [5, 5.41) is 11.7. The molecule has 0 saturated heterocycles. The number of carbonyl (C=O) groups is 1. The number of rotatable bonds is 6. The Hall–Kier alpha value is -1.48. The molecule has 1 N–H and O–H groups in total. The lowest BCUT2D eigenvalue weighted by Crippen LogP contribution is -2.40. The van der Waals surface area contributed by atoms with Crippen LogP contribution in [-0.4, -0.2) is 12.5 Å². The largest absolute Gasteiger partial charge is 0.344 e. The molecule has 0 atom stereocenters. The number of nitrogens with zero attached hydrogens (tertiary/aromatic N) is 1. The fourth-order valence-corrected chi connectivity index (χ4v) is 1.67. The first-order valence-corrected chi connectivity index (χ1v) is 5.29. The van der Waals surface area contributed by atoms with Crippen molar-refractivity contribution in [2.75, 3.05) is 6.54 Å². The fraction of sp³-hybridized carbons (Fsp3) is 0.667. The maximum atomic E-state index is 11.8. The molecule has 82 valence electrons. The number of terminal acetylenes is 1. The van der Waals surface area contributed by atoms with Crippen LogP contribution in [0.5, 0.6) is 0 Å². The molecule has 3 heteroatoms. The highest BCUT2D eigenvalue weighted by molar-refractivity contribution is 5.85. The molecule has 0 saturated carbocycles. The standard InChI is InChI=1S/C12H18N2O/c1-4-7-12(10-13,8-5-2)11(15)14-9-6-3/h3H,4-5,7-9H2,1-2H3,(H,14,15). The summed E-state index contributed by atoms with van der Waals surface area (Å²) in [6, 6.07) is 2.15. The number of carbonyl (C=O) groups excluding carboxylic acids is 1. The van der Waals surface area contributed by atoms with Crippen LogP contribution in [0.4, 0.5) is 0 Å². The molecule has 0 aliphatic heterocycles. The summed E-state index contributed by atoms with van der Waals surface area (Å²) in [5.41, 5.74) is -0.889. The molecule has 0 rings (SSSR count). The maximum Gasteiger partial charge on any atom is 0.241 e. The first-order valence-electron chi connectivity index (χ1n) is 5.29. The van der Waals surface area contributed by atoms with E-state index in [1.807, 2.05) is 13.8 Å². The summed E-state index contributed by atoms with van der Waals surface area (Å²) in [6.45, 7) is 4.13. The van der Waals surface area contributed by atoms with E-state index in [2.05, 4.69) is 17.3 Å². The van der Waals surface area contributed by atoms with Gasteiger partial charge in [0, 0.05) is 0 Å². The molecular weight excluding hydrogens is 188 g/mol. The predicted octanol–water partition coefficient (Wildman–Crippen LogP) is 1.85. The zero-order valence-electron chi connectivity index (χ0n) is 9.47. The summed E-state index contributed by atoms with van der Waals surface area (Å²) >= 11 is 0. The van der Waals surface area contributed by atoms with Crippen LogP contribution in [0.3, 0.4) is 0 Å². The molecule has 0 bridgehead atoms. The van der Waals surface area contributed by atoms with Gasteiger partial charge in [-0.05, 0) is 12.8 Å². The van der Waals surface area contributed by atoms with Gasteiger partial charge in [0.25, 0.3) is 0 Å². The van der Waals surface area contributed by atoms with Crippen molar-refractivity contribution >= 4 is 5.91 Å². The second kappa shape index (κ2) is 6.90. The summed E-state index contributed by atoms with van der Waals surface area (Å²) in [7, 11) is 0. The Kier molecular flexibility index (Phi) is 6.22. The summed E-state index contributed by atoms with van der Waals surface area (Å²) in [5.74, 6) is 2.11. The molecule has 0 fully saturated rings. The molecule has 0 radical (unpaired) electrons. The van der Waals surface area contributed by atoms with Crippen molar-refractivity contribution in [3.05, 3.63) is 0 Å². The van der Waals surface area contributed by atoms with Gasteiger partial charge in [-0.3, -0.25) is 4.79 Å². The second-order valence-corrected chi connectivity index (χ2v) is 3.58. The van der Waals surface area contributed by atoms with E-state index in [-0.39, 0.29) is 12.5 Å². The Balaban J connectivity index is 4.67. The third-order valence-corrected chi connectivity index (χ3v) is 2.35. The highest BCUT2D eigenvalue weighted by Gasteiger charge is 2.36. The Morgan fingerprint density at radius 2 is 1.93 bits per heavy atom. The van der Waals surface area contributed by atoms with Crippen LogP contribution in [0.25, 0.3) is 0 Å². The molecule has 3 nitrogen and oxygen atoms in total. The lowest BCUT2D eigenvalue weighted by atomic mass is 9.80. The van der Waals surface area contributed by atoms with Crippen LogP contribution in [-0.2, 0) is 4.79 Å². The lowest BCUT2D eigenvalue weighted by molar-refractivity contribution is -0.128. The van der Waals surface area contributed by atoms with Crippen molar-refractivity contribution in [2.45, 2.75) is 39.5 Å². The van der Waals surface area contributed by atoms with Gasteiger partial charge in [0.05, 0.1) is 12.6 Å². The molecule has 0 aromatic carbocycles. The van der Waals surface area contributed by atoms with Crippen molar-refractivity contribution in [3.8, 4) is 18.4 Å². The van der Waals surface area contributed by atoms with Crippen molar-refractivity contribution in [3.63, 3.8) is 0 Å². The van der Waals surface area contributed by atoms with Crippen molar-refractivity contribution in [1.29, 1.82) is 5.26 Å². The van der Waals surface area contributed by atoms with E-state index in [4.69, 9.17) is 11.7 Å². The number of hydrogen-bond acceptors (Lipinski definition) is 2. The van der Waals surface area contributed by atoms with Gasteiger partial charge in [-0.2, -0.15) is 5.26 Å². The first-order chi connectivity index (χ1) is 7.16. The van der Waals surface area contributed by atoms with E-state index >= 15 is 0 Å². The van der Waals surface area contributed by atoms with E-state index in [9.17, 15) is 4.79 Å². The zero-order valence-corrected chi connectivity index (χ0v) is 9.47. The smallest absolute Gasteiger partial charge is 0.241 e. The molecule has 15 heavy (non-hydrogen) atoms. The number of nitriles is 1. The minimum Gasteiger partial charge on any atom is -0.344 e. The van der Waals surface area contributed by atoms with Gasteiger partial charge in [0.2, 0.25) is 5.91 Å². The number of nitrogens with one attached hydrogen (secondary N) is 1. The van der Waals surface area contributed by atoms with Gasteiger partial charge in [-0.25, -0.2) is 0 Å². The second-order valence-electron chi connectivity index (χ2n) is 3.58. The minimum atomic E-state index is -0.889. The van der Waals surface area contributed by atoms with Crippen LogP contribution in [0.2, 0.25) is 0 Å². The van der Waals surface area contributed by atoms with Crippen molar-refractivity contribution in [2.24, 2.45) is 5.41 Å². The predicted molar refractivity (Wildman–Crippen MR) is 59.7 cm³/mol. The zero-order chi connectivity index (χ0) is 11.7. The third kappa shape index (κ3) is 3.64. The van der Waals surface area contributed by atoms with Crippen LogP contribution >= 0.6 is 0 Å². The first kappa shape index (κ1) is 13.5. The van der Waals surface area contributed by atoms with E-state index in [1.54, 1.807) is 0 Å². The Morgan fingerprint density at radius 1 is 1.40 bits per heavy atom. The quantitative estimate of drug-likeness (QED) is 0.674. The molecule has 0 heterocycles. The molecule has 1 amide bonds. The summed E-state index contributed by atoms with van der Waals surface area (Å²) < 4.78 is 0.